The fraction of sp³-hybridized carbons (Fsp3) is 0.636. The minimum absolute atomic E-state index is 0.935. The van der Waals surface area contributed by atoms with Gasteiger partial charge in [-0.2, -0.15) is 0 Å². The predicted octanol–water partition coefficient (Wildman–Crippen LogP) is 0.277. The third kappa shape index (κ3) is 3.06. The number of piperazine rings is 1. The number of rotatable bonds is 3. The molecule has 1 aromatic rings. The van der Waals surface area contributed by atoms with E-state index in [4.69, 9.17) is 0 Å². The van der Waals surface area contributed by atoms with Gasteiger partial charge in [-0.25, -0.2) is 5.01 Å². The summed E-state index contributed by atoms with van der Waals surface area (Å²) < 4.78 is 2.08. The molecule has 15 heavy (non-hydrogen) atoms. The fourth-order valence-corrected chi connectivity index (χ4v) is 1.83. The van der Waals surface area contributed by atoms with Gasteiger partial charge < -0.3 is 9.47 Å². The maximum absolute atomic E-state index is 3.47. The van der Waals surface area contributed by atoms with Crippen LogP contribution in [0.3, 0.4) is 0 Å². The predicted molar refractivity (Wildman–Crippen MR) is 61.3 cm³/mol. The monoisotopic (exact) mass is 208 g/mol. The van der Waals surface area contributed by atoms with Gasteiger partial charge in [-0.1, -0.05) is 0 Å². The van der Waals surface area contributed by atoms with Crippen LogP contribution in [0.1, 0.15) is 5.56 Å². The molecular formula is C11H20N4. The van der Waals surface area contributed by atoms with Crippen LogP contribution in [0.15, 0.2) is 18.5 Å². The molecule has 1 aliphatic rings. The average molecular weight is 208 g/mol. The Balaban J connectivity index is 1.74. The Morgan fingerprint density at radius 2 is 1.93 bits per heavy atom. The molecule has 0 amide bonds. The number of hydrogen-bond acceptors (Lipinski definition) is 3. The molecule has 0 radical (unpaired) electrons. The van der Waals surface area contributed by atoms with Crippen molar-refractivity contribution in [2.45, 2.75) is 6.54 Å². The minimum Gasteiger partial charge on any atom is -0.357 e. The molecular weight excluding hydrogens is 188 g/mol. The van der Waals surface area contributed by atoms with Gasteiger partial charge in [-0.3, -0.25) is 5.43 Å². The number of aryl methyl sites for hydroxylation is 1. The highest BCUT2D eigenvalue weighted by atomic mass is 15.5. The van der Waals surface area contributed by atoms with Crippen molar-refractivity contribution in [3.8, 4) is 0 Å². The Kier molecular flexibility index (Phi) is 3.41. The van der Waals surface area contributed by atoms with E-state index in [1.165, 1.54) is 5.56 Å². The molecule has 0 saturated carbocycles. The lowest BCUT2D eigenvalue weighted by molar-refractivity contribution is 0.102. The summed E-state index contributed by atoms with van der Waals surface area (Å²) in [5, 5.41) is 2.31. The molecule has 84 valence electrons. The Bertz CT molecular complexity index is 299. The van der Waals surface area contributed by atoms with Crippen molar-refractivity contribution in [3.05, 3.63) is 24.0 Å². The van der Waals surface area contributed by atoms with Crippen LogP contribution in [0.2, 0.25) is 0 Å². The lowest BCUT2D eigenvalue weighted by atomic mass is 10.3. The zero-order valence-corrected chi connectivity index (χ0v) is 9.61. The molecule has 4 nitrogen and oxygen atoms in total. The SMILES string of the molecule is CN1CCN(NCc2ccn(C)c2)CC1. The summed E-state index contributed by atoms with van der Waals surface area (Å²) >= 11 is 0. The summed E-state index contributed by atoms with van der Waals surface area (Å²) in [5.74, 6) is 0. The first kappa shape index (κ1) is 10.7. The summed E-state index contributed by atoms with van der Waals surface area (Å²) in [5.41, 5.74) is 4.81. The second kappa shape index (κ2) is 4.79. The Labute approximate surface area is 91.4 Å². The molecule has 0 aliphatic carbocycles. The lowest BCUT2D eigenvalue weighted by Gasteiger charge is -2.32. The van der Waals surface area contributed by atoms with Crippen LogP contribution in [-0.2, 0) is 13.6 Å². The van der Waals surface area contributed by atoms with Gasteiger partial charge in [0.05, 0.1) is 0 Å². The van der Waals surface area contributed by atoms with Crippen LogP contribution in [0.25, 0.3) is 0 Å². The molecule has 1 fully saturated rings. The van der Waals surface area contributed by atoms with Gasteiger partial charge >= 0.3 is 0 Å². The topological polar surface area (TPSA) is 23.4 Å². The average Bonchev–Trinajstić information content (AvgIpc) is 2.64. The molecule has 1 aliphatic heterocycles. The molecule has 0 bridgehead atoms. The highest BCUT2D eigenvalue weighted by Crippen LogP contribution is 2.01. The van der Waals surface area contributed by atoms with Gasteiger partial charge in [-0.05, 0) is 18.7 Å². The summed E-state index contributed by atoms with van der Waals surface area (Å²) in [7, 11) is 4.23. The molecule has 1 aromatic heterocycles. The van der Waals surface area contributed by atoms with Crippen LogP contribution in [0.4, 0.5) is 0 Å². The van der Waals surface area contributed by atoms with Gasteiger partial charge in [0.2, 0.25) is 0 Å². The molecule has 0 unspecified atom stereocenters. The van der Waals surface area contributed by atoms with E-state index in [9.17, 15) is 0 Å². The molecule has 0 atom stereocenters. The third-order valence-corrected chi connectivity index (χ3v) is 2.90. The van der Waals surface area contributed by atoms with Crippen LogP contribution in [0.5, 0.6) is 0 Å². The third-order valence-electron chi connectivity index (χ3n) is 2.90. The highest BCUT2D eigenvalue weighted by Gasteiger charge is 2.12. The highest BCUT2D eigenvalue weighted by molar-refractivity contribution is 5.09. The Hall–Kier alpha value is -0.840. The van der Waals surface area contributed by atoms with E-state index in [0.29, 0.717) is 0 Å². The van der Waals surface area contributed by atoms with E-state index in [-0.39, 0.29) is 0 Å². The molecule has 0 spiro atoms. The largest absolute Gasteiger partial charge is 0.357 e. The van der Waals surface area contributed by atoms with Crippen LogP contribution < -0.4 is 5.43 Å². The molecule has 0 aromatic carbocycles. The van der Waals surface area contributed by atoms with Crippen molar-refractivity contribution >= 4 is 0 Å². The van der Waals surface area contributed by atoms with Gasteiger partial charge in [0.1, 0.15) is 0 Å². The van der Waals surface area contributed by atoms with Crippen molar-refractivity contribution in [2.24, 2.45) is 7.05 Å². The first-order valence-electron chi connectivity index (χ1n) is 5.52. The number of hydrogen-bond donors (Lipinski definition) is 1. The van der Waals surface area contributed by atoms with Gasteiger partial charge in [-0.15, -0.1) is 0 Å². The first-order chi connectivity index (χ1) is 7.24. The maximum Gasteiger partial charge on any atom is 0.0368 e. The van der Waals surface area contributed by atoms with Crippen LogP contribution in [-0.4, -0.2) is 47.7 Å². The van der Waals surface area contributed by atoms with E-state index < -0.39 is 0 Å². The van der Waals surface area contributed by atoms with E-state index in [1.54, 1.807) is 0 Å². The zero-order chi connectivity index (χ0) is 10.7. The quantitative estimate of drug-likeness (QED) is 0.771. The smallest absolute Gasteiger partial charge is 0.0368 e. The Morgan fingerprint density at radius 3 is 2.53 bits per heavy atom. The van der Waals surface area contributed by atoms with Gasteiger partial charge in [0.15, 0.2) is 0 Å². The maximum atomic E-state index is 3.47. The van der Waals surface area contributed by atoms with Gasteiger partial charge in [0.25, 0.3) is 0 Å². The Morgan fingerprint density at radius 1 is 1.20 bits per heavy atom. The van der Waals surface area contributed by atoms with Gasteiger partial charge in [0, 0.05) is 52.2 Å². The number of aromatic nitrogens is 1. The van der Waals surface area contributed by atoms with E-state index >= 15 is 0 Å². The lowest BCUT2D eigenvalue weighted by Crippen LogP contribution is -2.50. The number of nitrogens with one attached hydrogen (secondary N) is 1. The van der Waals surface area contributed by atoms with Crippen molar-refractivity contribution in [3.63, 3.8) is 0 Å². The van der Waals surface area contributed by atoms with E-state index in [1.807, 2.05) is 0 Å². The summed E-state index contributed by atoms with van der Waals surface area (Å²) in [4.78, 5) is 2.36. The minimum atomic E-state index is 0.935. The summed E-state index contributed by atoms with van der Waals surface area (Å²) in [6.45, 7) is 5.47. The van der Waals surface area contributed by atoms with Crippen molar-refractivity contribution < 1.29 is 0 Å². The molecule has 2 rings (SSSR count). The van der Waals surface area contributed by atoms with Crippen molar-refractivity contribution in [2.75, 3.05) is 33.2 Å². The summed E-state index contributed by atoms with van der Waals surface area (Å²) in [6, 6.07) is 2.16. The molecule has 1 N–H and O–H groups in total. The molecule has 4 heteroatoms. The standard InChI is InChI=1S/C11H20N4/c1-13-5-7-15(8-6-13)12-9-11-3-4-14(2)10-11/h3-4,10,12H,5-9H2,1-2H3. The van der Waals surface area contributed by atoms with Crippen molar-refractivity contribution in [1.82, 2.24) is 19.9 Å². The normalized spacial score (nSPS) is 19.6. The first-order valence-corrected chi connectivity index (χ1v) is 5.52. The van der Waals surface area contributed by atoms with E-state index in [2.05, 4.69) is 52.5 Å². The molecule has 1 saturated heterocycles. The van der Waals surface area contributed by atoms with Crippen LogP contribution in [0, 0.1) is 0 Å². The van der Waals surface area contributed by atoms with E-state index in [0.717, 1.165) is 32.7 Å². The second-order valence-electron chi connectivity index (χ2n) is 4.31. The fourth-order valence-electron chi connectivity index (χ4n) is 1.83. The second-order valence-corrected chi connectivity index (χ2v) is 4.31. The number of likely N-dealkylation sites (N-methyl/N-ethyl adjacent to an activating group) is 1. The van der Waals surface area contributed by atoms with Crippen molar-refractivity contribution in [1.29, 1.82) is 0 Å². The zero-order valence-electron chi connectivity index (χ0n) is 9.61. The summed E-state index contributed by atoms with van der Waals surface area (Å²) in [6.07, 6.45) is 4.24. The number of hydrazine groups is 1. The molecule has 2 heterocycles. The number of nitrogens with zero attached hydrogens (tertiary/aromatic N) is 3. The van der Waals surface area contributed by atoms with Crippen LogP contribution >= 0.6 is 0 Å².